The van der Waals surface area contributed by atoms with Crippen molar-refractivity contribution in [2.24, 2.45) is 12.0 Å². The Morgan fingerprint density at radius 2 is 1.92 bits per heavy atom. The number of halogens is 1. The lowest BCUT2D eigenvalue weighted by Gasteiger charge is -2.36. The Hall–Kier alpha value is -0.760. The number of nitrogens with one attached hydrogen (secondary N) is 2. The number of aliphatic imine (C=N–C) groups is 1. The van der Waals surface area contributed by atoms with E-state index < -0.39 is 0 Å². The van der Waals surface area contributed by atoms with Crippen molar-refractivity contribution in [3.05, 3.63) is 24.0 Å². The van der Waals surface area contributed by atoms with E-state index in [2.05, 4.69) is 50.5 Å². The average molecular weight is 445 g/mol. The Labute approximate surface area is 163 Å². The Morgan fingerprint density at radius 1 is 1.21 bits per heavy atom. The van der Waals surface area contributed by atoms with Crippen molar-refractivity contribution in [3.8, 4) is 0 Å². The molecule has 0 bridgehead atoms. The standard InChI is InChI=1S/C18H31N5.HI/c1-19-18(20-14-17-8-5-11-22(17)2)21-15-9-12-23(13-10-15)16-6-3-4-7-16;/h5,8,11,15-16H,3-4,6-7,9-10,12-14H2,1-2H3,(H2,19,20,21);1H. The molecule has 1 aliphatic heterocycles. The van der Waals surface area contributed by atoms with Crippen LogP contribution in [0.4, 0.5) is 0 Å². The molecule has 24 heavy (non-hydrogen) atoms. The molecule has 1 saturated heterocycles. The van der Waals surface area contributed by atoms with Crippen LogP contribution in [0.1, 0.15) is 44.2 Å². The molecule has 0 amide bonds. The normalized spacial score (nSPS) is 20.8. The minimum atomic E-state index is 0. The van der Waals surface area contributed by atoms with Gasteiger partial charge in [0.15, 0.2) is 5.96 Å². The third kappa shape index (κ3) is 5.12. The number of likely N-dealkylation sites (tertiary alicyclic amines) is 1. The highest BCUT2D eigenvalue weighted by Gasteiger charge is 2.27. The summed E-state index contributed by atoms with van der Waals surface area (Å²) >= 11 is 0. The van der Waals surface area contributed by atoms with Gasteiger partial charge in [0.1, 0.15) is 0 Å². The van der Waals surface area contributed by atoms with Crippen LogP contribution in [0.15, 0.2) is 23.3 Å². The van der Waals surface area contributed by atoms with Crippen LogP contribution in [0.25, 0.3) is 0 Å². The van der Waals surface area contributed by atoms with E-state index in [4.69, 9.17) is 0 Å². The van der Waals surface area contributed by atoms with Crippen molar-refractivity contribution >= 4 is 29.9 Å². The first kappa shape index (κ1) is 19.6. The van der Waals surface area contributed by atoms with E-state index in [1.54, 1.807) is 0 Å². The van der Waals surface area contributed by atoms with Crippen LogP contribution >= 0.6 is 24.0 Å². The zero-order valence-electron chi connectivity index (χ0n) is 15.0. The van der Waals surface area contributed by atoms with E-state index in [0.717, 1.165) is 18.5 Å². The van der Waals surface area contributed by atoms with Crippen molar-refractivity contribution in [3.63, 3.8) is 0 Å². The number of guanidine groups is 1. The zero-order valence-corrected chi connectivity index (χ0v) is 17.3. The van der Waals surface area contributed by atoms with Crippen LogP contribution in [0, 0.1) is 0 Å². The van der Waals surface area contributed by atoms with Gasteiger partial charge in [0.25, 0.3) is 0 Å². The molecule has 1 aliphatic carbocycles. The van der Waals surface area contributed by atoms with Gasteiger partial charge >= 0.3 is 0 Å². The Kier molecular flexibility index (Phi) is 7.87. The third-order valence-corrected chi connectivity index (χ3v) is 5.42. The molecule has 0 aromatic carbocycles. The van der Waals surface area contributed by atoms with Gasteiger partial charge in [-0.25, -0.2) is 0 Å². The van der Waals surface area contributed by atoms with Crippen molar-refractivity contribution in [2.45, 2.75) is 57.2 Å². The zero-order chi connectivity index (χ0) is 16.1. The van der Waals surface area contributed by atoms with Crippen LogP contribution in [0.2, 0.25) is 0 Å². The molecule has 136 valence electrons. The number of nitrogens with zero attached hydrogens (tertiary/aromatic N) is 3. The fourth-order valence-electron chi connectivity index (χ4n) is 3.92. The minimum Gasteiger partial charge on any atom is -0.354 e. The topological polar surface area (TPSA) is 44.6 Å². The number of hydrogen-bond donors (Lipinski definition) is 2. The molecule has 0 atom stereocenters. The summed E-state index contributed by atoms with van der Waals surface area (Å²) in [5.74, 6) is 0.922. The van der Waals surface area contributed by atoms with E-state index in [1.807, 2.05) is 7.05 Å². The van der Waals surface area contributed by atoms with Gasteiger partial charge in [0.2, 0.25) is 0 Å². The lowest BCUT2D eigenvalue weighted by molar-refractivity contribution is 0.150. The molecule has 1 aromatic rings. The van der Waals surface area contributed by atoms with E-state index >= 15 is 0 Å². The number of aryl methyl sites for hydroxylation is 1. The molecule has 2 aliphatic rings. The predicted molar refractivity (Wildman–Crippen MR) is 111 cm³/mol. The molecular formula is C18H32IN5. The summed E-state index contributed by atoms with van der Waals surface area (Å²) < 4.78 is 2.14. The number of rotatable bonds is 4. The maximum atomic E-state index is 4.38. The highest BCUT2D eigenvalue weighted by Crippen LogP contribution is 2.26. The molecule has 5 nitrogen and oxygen atoms in total. The van der Waals surface area contributed by atoms with E-state index in [0.29, 0.717) is 6.04 Å². The quantitative estimate of drug-likeness (QED) is 0.426. The Balaban J connectivity index is 0.00000208. The maximum absolute atomic E-state index is 4.38. The minimum absolute atomic E-state index is 0. The van der Waals surface area contributed by atoms with Gasteiger partial charge < -0.3 is 20.1 Å². The predicted octanol–water partition coefficient (Wildman–Crippen LogP) is 2.72. The summed E-state index contributed by atoms with van der Waals surface area (Å²) in [6.07, 6.45) is 10.2. The van der Waals surface area contributed by atoms with Gasteiger partial charge in [0, 0.05) is 51.2 Å². The first-order valence-electron chi connectivity index (χ1n) is 9.07. The molecular weight excluding hydrogens is 413 g/mol. The lowest BCUT2D eigenvalue weighted by Crippen LogP contribution is -2.50. The summed E-state index contributed by atoms with van der Waals surface area (Å²) in [6.45, 7) is 3.28. The van der Waals surface area contributed by atoms with Gasteiger partial charge in [-0.05, 0) is 37.8 Å². The van der Waals surface area contributed by atoms with Crippen molar-refractivity contribution in [1.29, 1.82) is 0 Å². The fraction of sp³-hybridized carbons (Fsp3) is 0.722. The van der Waals surface area contributed by atoms with Gasteiger partial charge in [0.05, 0.1) is 6.54 Å². The summed E-state index contributed by atoms with van der Waals surface area (Å²) in [7, 11) is 3.93. The first-order chi connectivity index (χ1) is 11.3. The smallest absolute Gasteiger partial charge is 0.191 e. The van der Waals surface area contributed by atoms with Crippen molar-refractivity contribution < 1.29 is 0 Å². The highest BCUT2D eigenvalue weighted by atomic mass is 127. The molecule has 0 radical (unpaired) electrons. The molecule has 6 heteroatoms. The van der Waals surface area contributed by atoms with Crippen LogP contribution in [0.3, 0.4) is 0 Å². The van der Waals surface area contributed by atoms with Gasteiger partial charge in [-0.15, -0.1) is 24.0 Å². The van der Waals surface area contributed by atoms with Gasteiger partial charge in [-0.1, -0.05) is 12.8 Å². The second kappa shape index (κ2) is 9.65. The summed E-state index contributed by atoms with van der Waals surface area (Å²) in [4.78, 5) is 7.09. The van der Waals surface area contributed by atoms with Crippen LogP contribution in [-0.4, -0.2) is 47.6 Å². The van der Waals surface area contributed by atoms with Crippen LogP contribution < -0.4 is 10.6 Å². The van der Waals surface area contributed by atoms with Crippen molar-refractivity contribution in [2.75, 3.05) is 20.1 Å². The second-order valence-electron chi connectivity index (χ2n) is 6.93. The monoisotopic (exact) mass is 445 g/mol. The third-order valence-electron chi connectivity index (χ3n) is 5.42. The number of hydrogen-bond acceptors (Lipinski definition) is 2. The van der Waals surface area contributed by atoms with E-state index in [-0.39, 0.29) is 24.0 Å². The van der Waals surface area contributed by atoms with E-state index in [9.17, 15) is 0 Å². The molecule has 2 heterocycles. The molecule has 2 fully saturated rings. The maximum Gasteiger partial charge on any atom is 0.191 e. The summed E-state index contributed by atoms with van der Waals surface area (Å²) in [5, 5.41) is 7.03. The molecule has 0 spiro atoms. The van der Waals surface area contributed by atoms with Crippen LogP contribution in [-0.2, 0) is 13.6 Å². The average Bonchev–Trinajstić information content (AvgIpc) is 3.24. The molecule has 0 unspecified atom stereocenters. The van der Waals surface area contributed by atoms with Gasteiger partial charge in [-0.3, -0.25) is 4.99 Å². The molecule has 2 N–H and O–H groups in total. The molecule has 1 saturated carbocycles. The Morgan fingerprint density at radius 3 is 2.50 bits per heavy atom. The molecule has 1 aromatic heterocycles. The summed E-state index contributed by atoms with van der Waals surface area (Å²) in [5.41, 5.74) is 1.27. The van der Waals surface area contributed by atoms with Crippen LogP contribution in [0.5, 0.6) is 0 Å². The number of piperidine rings is 1. The summed E-state index contributed by atoms with van der Waals surface area (Å²) in [6, 6.07) is 5.63. The van der Waals surface area contributed by atoms with Gasteiger partial charge in [-0.2, -0.15) is 0 Å². The molecule has 3 rings (SSSR count). The Bertz CT molecular complexity index is 513. The highest BCUT2D eigenvalue weighted by molar-refractivity contribution is 14.0. The lowest BCUT2D eigenvalue weighted by atomic mass is 10.0. The van der Waals surface area contributed by atoms with Crippen molar-refractivity contribution in [1.82, 2.24) is 20.1 Å². The SMILES string of the molecule is CN=C(NCc1cccn1C)NC1CCN(C2CCCC2)CC1.I. The largest absolute Gasteiger partial charge is 0.354 e. The van der Waals surface area contributed by atoms with E-state index in [1.165, 1.54) is 57.3 Å². The second-order valence-corrected chi connectivity index (χ2v) is 6.93. The first-order valence-corrected chi connectivity index (χ1v) is 9.07. The number of aromatic nitrogens is 1. The fourth-order valence-corrected chi connectivity index (χ4v) is 3.92.